The Hall–Kier alpha value is -1.88. The Morgan fingerprint density at radius 3 is 2.60 bits per heavy atom. The molecule has 5 heteroatoms. The molecule has 0 saturated carbocycles. The number of nitrogens with zero attached hydrogens (tertiary/aromatic N) is 2. The summed E-state index contributed by atoms with van der Waals surface area (Å²) >= 11 is 0. The molecule has 1 aromatic carbocycles. The summed E-state index contributed by atoms with van der Waals surface area (Å²) in [5.74, 6) is 0.210. The van der Waals surface area contributed by atoms with Gasteiger partial charge in [0.2, 0.25) is 11.8 Å². The van der Waals surface area contributed by atoms with Gasteiger partial charge in [0.25, 0.3) is 0 Å². The normalized spacial score (nSPS) is 20.8. The summed E-state index contributed by atoms with van der Waals surface area (Å²) in [6.07, 6.45) is 3.35. The average molecular weight is 343 g/mol. The molecule has 0 aromatic heterocycles. The zero-order valence-electron chi connectivity index (χ0n) is 15.4. The summed E-state index contributed by atoms with van der Waals surface area (Å²) < 4.78 is 0. The van der Waals surface area contributed by atoms with Crippen LogP contribution in [0.4, 0.5) is 0 Å². The van der Waals surface area contributed by atoms with Gasteiger partial charge in [-0.2, -0.15) is 0 Å². The standard InChI is InChI=1S/C20H29N3O2/c1-15-5-6-17(13-16(15)2)7-8-19(24)23-12-9-21-14-18(23)20(25)22-10-3-4-11-22/h5-6,13,18,21H,3-4,7-12,14H2,1-2H3/t18-/m0/s1. The van der Waals surface area contributed by atoms with Crippen LogP contribution in [0.2, 0.25) is 0 Å². The van der Waals surface area contributed by atoms with Gasteiger partial charge in [-0.3, -0.25) is 9.59 Å². The van der Waals surface area contributed by atoms with E-state index >= 15 is 0 Å². The molecule has 25 heavy (non-hydrogen) atoms. The van der Waals surface area contributed by atoms with E-state index in [4.69, 9.17) is 0 Å². The van der Waals surface area contributed by atoms with E-state index < -0.39 is 0 Å². The lowest BCUT2D eigenvalue weighted by Crippen LogP contribution is -2.59. The predicted octanol–water partition coefficient (Wildman–Crippen LogP) is 1.66. The van der Waals surface area contributed by atoms with Crippen molar-refractivity contribution < 1.29 is 9.59 Å². The fourth-order valence-corrected chi connectivity index (χ4v) is 3.73. The molecule has 3 rings (SSSR count). The lowest BCUT2D eigenvalue weighted by atomic mass is 10.0. The summed E-state index contributed by atoms with van der Waals surface area (Å²) in [4.78, 5) is 29.3. The molecule has 2 aliphatic heterocycles. The van der Waals surface area contributed by atoms with Crippen molar-refractivity contribution in [3.63, 3.8) is 0 Å². The van der Waals surface area contributed by atoms with Crippen LogP contribution >= 0.6 is 0 Å². The molecular weight excluding hydrogens is 314 g/mol. The Balaban J connectivity index is 1.62. The van der Waals surface area contributed by atoms with E-state index in [2.05, 4.69) is 37.4 Å². The van der Waals surface area contributed by atoms with Crippen molar-refractivity contribution in [2.45, 2.75) is 45.6 Å². The summed E-state index contributed by atoms with van der Waals surface area (Å²) in [6, 6.07) is 6.03. The molecule has 2 amide bonds. The second-order valence-electron chi connectivity index (χ2n) is 7.26. The summed E-state index contributed by atoms with van der Waals surface area (Å²) in [5, 5.41) is 3.27. The first kappa shape index (κ1) is 17.9. The van der Waals surface area contributed by atoms with Crippen molar-refractivity contribution in [3.05, 3.63) is 34.9 Å². The number of rotatable bonds is 4. The van der Waals surface area contributed by atoms with Crippen LogP contribution in [0.5, 0.6) is 0 Å². The largest absolute Gasteiger partial charge is 0.341 e. The number of hydrogen-bond acceptors (Lipinski definition) is 3. The molecule has 2 aliphatic rings. The van der Waals surface area contributed by atoms with Crippen LogP contribution < -0.4 is 5.32 Å². The first-order valence-electron chi connectivity index (χ1n) is 9.41. The van der Waals surface area contributed by atoms with Crippen LogP contribution in [0.3, 0.4) is 0 Å². The van der Waals surface area contributed by atoms with Crippen LogP contribution in [-0.4, -0.2) is 60.4 Å². The maximum absolute atomic E-state index is 12.8. The van der Waals surface area contributed by atoms with Crippen LogP contribution in [-0.2, 0) is 16.0 Å². The number of carbonyl (C=O) groups is 2. The van der Waals surface area contributed by atoms with Crippen molar-refractivity contribution in [2.24, 2.45) is 0 Å². The highest BCUT2D eigenvalue weighted by molar-refractivity contribution is 5.88. The SMILES string of the molecule is Cc1ccc(CCC(=O)N2CCNC[C@H]2C(=O)N2CCCC2)cc1C. The highest BCUT2D eigenvalue weighted by atomic mass is 16.2. The maximum atomic E-state index is 12.8. The van der Waals surface area contributed by atoms with Crippen LogP contribution in [0.15, 0.2) is 18.2 Å². The van der Waals surface area contributed by atoms with Crippen LogP contribution in [0, 0.1) is 13.8 Å². The molecule has 1 atom stereocenters. The molecule has 5 nitrogen and oxygen atoms in total. The number of aryl methyl sites for hydroxylation is 3. The lowest BCUT2D eigenvalue weighted by molar-refractivity contribution is -0.146. The van der Waals surface area contributed by atoms with Gasteiger partial charge in [-0.15, -0.1) is 0 Å². The topological polar surface area (TPSA) is 52.7 Å². The van der Waals surface area contributed by atoms with E-state index in [1.165, 1.54) is 16.7 Å². The summed E-state index contributed by atoms with van der Waals surface area (Å²) in [7, 11) is 0. The minimum Gasteiger partial charge on any atom is -0.341 e. The van der Waals surface area contributed by atoms with Gasteiger partial charge in [-0.1, -0.05) is 18.2 Å². The number of benzene rings is 1. The molecule has 0 aliphatic carbocycles. The molecule has 0 unspecified atom stereocenters. The first-order chi connectivity index (χ1) is 12.1. The highest BCUT2D eigenvalue weighted by Crippen LogP contribution is 2.16. The Kier molecular flexibility index (Phi) is 5.74. The molecule has 1 N–H and O–H groups in total. The second kappa shape index (κ2) is 8.00. The number of likely N-dealkylation sites (tertiary alicyclic amines) is 1. The Labute approximate surface area is 150 Å². The smallest absolute Gasteiger partial charge is 0.246 e. The van der Waals surface area contributed by atoms with Gasteiger partial charge in [0, 0.05) is 39.1 Å². The van der Waals surface area contributed by atoms with E-state index in [9.17, 15) is 9.59 Å². The number of carbonyl (C=O) groups excluding carboxylic acids is 2. The van der Waals surface area contributed by atoms with Gasteiger partial charge in [-0.05, 0) is 49.8 Å². The van der Waals surface area contributed by atoms with Crippen LogP contribution in [0.1, 0.15) is 36.0 Å². The lowest BCUT2D eigenvalue weighted by Gasteiger charge is -2.37. The summed E-state index contributed by atoms with van der Waals surface area (Å²) in [6.45, 7) is 7.82. The number of nitrogens with one attached hydrogen (secondary N) is 1. The average Bonchev–Trinajstić information content (AvgIpc) is 3.16. The van der Waals surface area contributed by atoms with Crippen molar-refractivity contribution in [2.75, 3.05) is 32.7 Å². The highest BCUT2D eigenvalue weighted by Gasteiger charge is 2.35. The Morgan fingerprint density at radius 2 is 1.88 bits per heavy atom. The van der Waals surface area contributed by atoms with E-state index in [0.29, 0.717) is 19.5 Å². The predicted molar refractivity (Wildman–Crippen MR) is 98.4 cm³/mol. The van der Waals surface area contributed by atoms with E-state index in [-0.39, 0.29) is 17.9 Å². The number of amides is 2. The minimum absolute atomic E-state index is 0.0947. The summed E-state index contributed by atoms with van der Waals surface area (Å²) in [5.41, 5.74) is 3.72. The Morgan fingerprint density at radius 1 is 1.12 bits per heavy atom. The molecule has 0 bridgehead atoms. The van der Waals surface area contributed by atoms with Crippen molar-refractivity contribution >= 4 is 11.8 Å². The van der Waals surface area contributed by atoms with Crippen molar-refractivity contribution in [1.82, 2.24) is 15.1 Å². The Bertz CT molecular complexity index is 638. The molecule has 0 spiro atoms. The molecule has 2 fully saturated rings. The third-order valence-corrected chi connectivity index (χ3v) is 5.47. The van der Waals surface area contributed by atoms with Gasteiger partial charge >= 0.3 is 0 Å². The molecular formula is C20H29N3O2. The van der Waals surface area contributed by atoms with Crippen molar-refractivity contribution in [1.29, 1.82) is 0 Å². The maximum Gasteiger partial charge on any atom is 0.246 e. The van der Waals surface area contributed by atoms with Gasteiger partial charge in [0.15, 0.2) is 0 Å². The second-order valence-corrected chi connectivity index (χ2v) is 7.26. The van der Waals surface area contributed by atoms with E-state index in [1.54, 1.807) is 4.90 Å². The van der Waals surface area contributed by atoms with Gasteiger partial charge in [0.05, 0.1) is 0 Å². The molecule has 2 heterocycles. The third kappa shape index (κ3) is 4.21. The fraction of sp³-hybridized carbons (Fsp3) is 0.600. The van der Waals surface area contributed by atoms with Gasteiger partial charge in [-0.25, -0.2) is 0 Å². The van der Waals surface area contributed by atoms with Crippen LogP contribution in [0.25, 0.3) is 0 Å². The third-order valence-electron chi connectivity index (χ3n) is 5.47. The molecule has 136 valence electrons. The van der Waals surface area contributed by atoms with Gasteiger partial charge in [0.1, 0.15) is 6.04 Å². The minimum atomic E-state index is -0.334. The zero-order chi connectivity index (χ0) is 17.8. The van der Waals surface area contributed by atoms with E-state index in [1.807, 2.05) is 4.90 Å². The number of piperazine rings is 1. The van der Waals surface area contributed by atoms with E-state index in [0.717, 1.165) is 38.9 Å². The monoisotopic (exact) mass is 343 g/mol. The van der Waals surface area contributed by atoms with Crippen molar-refractivity contribution in [3.8, 4) is 0 Å². The van der Waals surface area contributed by atoms with Gasteiger partial charge < -0.3 is 15.1 Å². The molecule has 2 saturated heterocycles. The zero-order valence-corrected chi connectivity index (χ0v) is 15.4. The quantitative estimate of drug-likeness (QED) is 0.905. The molecule has 0 radical (unpaired) electrons. The fourth-order valence-electron chi connectivity index (χ4n) is 3.73. The molecule has 1 aromatic rings. The first-order valence-corrected chi connectivity index (χ1v) is 9.41. The number of hydrogen-bond donors (Lipinski definition) is 1.